The Kier molecular flexibility index (Phi) is 8.06. The van der Waals surface area contributed by atoms with Gasteiger partial charge in [0.2, 0.25) is 0 Å². The van der Waals surface area contributed by atoms with E-state index in [0.29, 0.717) is 12.0 Å². The van der Waals surface area contributed by atoms with Gasteiger partial charge in [-0.05, 0) is 31.6 Å². The van der Waals surface area contributed by atoms with Gasteiger partial charge in [0, 0.05) is 24.7 Å². The maximum atomic E-state index is 6.48. The van der Waals surface area contributed by atoms with Gasteiger partial charge in [0.15, 0.2) is 0 Å². The minimum Gasteiger partial charge on any atom is -0.324 e. The third-order valence-corrected chi connectivity index (χ3v) is 3.98. The molecular formula is C15H34N2. The van der Waals surface area contributed by atoms with Gasteiger partial charge in [-0.2, -0.15) is 0 Å². The predicted molar refractivity (Wildman–Crippen MR) is 78.3 cm³/mol. The van der Waals surface area contributed by atoms with Crippen LogP contribution in [0.5, 0.6) is 0 Å². The van der Waals surface area contributed by atoms with Gasteiger partial charge >= 0.3 is 0 Å². The van der Waals surface area contributed by atoms with Crippen molar-refractivity contribution in [3.05, 3.63) is 0 Å². The Labute approximate surface area is 109 Å². The quantitative estimate of drug-likeness (QED) is 0.669. The van der Waals surface area contributed by atoms with Gasteiger partial charge < -0.3 is 5.73 Å². The molecule has 0 rings (SSSR count). The minimum atomic E-state index is -0.00250. The highest BCUT2D eigenvalue weighted by Gasteiger charge is 2.27. The summed E-state index contributed by atoms with van der Waals surface area (Å²) < 4.78 is 0. The molecule has 2 N–H and O–H groups in total. The van der Waals surface area contributed by atoms with Crippen molar-refractivity contribution in [2.24, 2.45) is 11.7 Å². The van der Waals surface area contributed by atoms with Crippen molar-refractivity contribution >= 4 is 0 Å². The van der Waals surface area contributed by atoms with E-state index in [0.717, 1.165) is 19.4 Å². The SMILES string of the molecule is CCC(CC)N(CC(C)C)CC(N)(CC)CC. The first kappa shape index (κ1) is 16.9. The zero-order valence-corrected chi connectivity index (χ0v) is 12.9. The lowest BCUT2D eigenvalue weighted by atomic mass is 9.92. The van der Waals surface area contributed by atoms with Crippen molar-refractivity contribution in [1.82, 2.24) is 4.90 Å². The molecule has 0 aromatic heterocycles. The molecule has 0 aromatic carbocycles. The smallest absolute Gasteiger partial charge is 0.0278 e. The van der Waals surface area contributed by atoms with Crippen LogP contribution in [-0.4, -0.2) is 29.6 Å². The van der Waals surface area contributed by atoms with Crippen LogP contribution in [0.2, 0.25) is 0 Å². The normalized spacial score (nSPS) is 13.1. The minimum absolute atomic E-state index is 0.00250. The lowest BCUT2D eigenvalue weighted by molar-refractivity contribution is 0.123. The molecule has 17 heavy (non-hydrogen) atoms. The number of nitrogens with zero attached hydrogens (tertiary/aromatic N) is 1. The number of hydrogen-bond acceptors (Lipinski definition) is 2. The lowest BCUT2D eigenvalue weighted by Gasteiger charge is -2.39. The van der Waals surface area contributed by atoms with Crippen LogP contribution in [0.4, 0.5) is 0 Å². The van der Waals surface area contributed by atoms with Crippen LogP contribution < -0.4 is 5.73 Å². The van der Waals surface area contributed by atoms with Gasteiger partial charge in [-0.25, -0.2) is 0 Å². The maximum absolute atomic E-state index is 6.48. The zero-order valence-electron chi connectivity index (χ0n) is 12.9. The average molecular weight is 242 g/mol. The van der Waals surface area contributed by atoms with Gasteiger partial charge in [-0.1, -0.05) is 41.5 Å². The topological polar surface area (TPSA) is 29.3 Å². The molecule has 2 heteroatoms. The monoisotopic (exact) mass is 242 g/mol. The second kappa shape index (κ2) is 8.10. The molecule has 0 spiro atoms. The first-order valence-corrected chi connectivity index (χ1v) is 7.45. The van der Waals surface area contributed by atoms with E-state index in [2.05, 4.69) is 46.4 Å². The molecule has 0 atom stereocenters. The summed E-state index contributed by atoms with van der Waals surface area (Å²) in [5.74, 6) is 0.716. The first-order chi connectivity index (χ1) is 7.92. The predicted octanol–water partition coefficient (Wildman–Crippen LogP) is 3.65. The first-order valence-electron chi connectivity index (χ1n) is 7.45. The molecule has 104 valence electrons. The maximum Gasteiger partial charge on any atom is 0.0278 e. The van der Waals surface area contributed by atoms with E-state index in [-0.39, 0.29) is 5.54 Å². The Morgan fingerprint density at radius 1 is 1.00 bits per heavy atom. The molecular weight excluding hydrogens is 208 g/mol. The fourth-order valence-electron chi connectivity index (χ4n) is 2.49. The standard InChI is InChI=1S/C15H34N2/c1-7-14(8-2)17(11-13(5)6)12-15(16,9-3)10-4/h13-14H,7-12,16H2,1-6H3. The van der Waals surface area contributed by atoms with E-state index in [1.165, 1.54) is 19.4 Å². The molecule has 0 unspecified atom stereocenters. The molecule has 0 aromatic rings. The van der Waals surface area contributed by atoms with Gasteiger partial charge in [-0.3, -0.25) is 4.90 Å². The Hall–Kier alpha value is -0.0800. The summed E-state index contributed by atoms with van der Waals surface area (Å²) in [6, 6.07) is 0.693. The second-order valence-corrected chi connectivity index (χ2v) is 5.86. The third kappa shape index (κ3) is 5.87. The average Bonchev–Trinajstić information content (AvgIpc) is 2.29. The molecule has 0 amide bonds. The summed E-state index contributed by atoms with van der Waals surface area (Å²) in [5.41, 5.74) is 6.48. The fraction of sp³-hybridized carbons (Fsp3) is 1.00. The Bertz CT molecular complexity index is 181. The van der Waals surface area contributed by atoms with Crippen LogP contribution in [0.1, 0.15) is 67.2 Å². The Morgan fingerprint density at radius 3 is 1.76 bits per heavy atom. The summed E-state index contributed by atoms with van der Waals surface area (Å²) in [6.45, 7) is 15.8. The molecule has 0 radical (unpaired) electrons. The van der Waals surface area contributed by atoms with Gasteiger partial charge in [-0.15, -0.1) is 0 Å². The summed E-state index contributed by atoms with van der Waals surface area (Å²) in [7, 11) is 0. The molecule has 0 fully saturated rings. The highest BCUT2D eigenvalue weighted by molar-refractivity contribution is 4.87. The molecule has 0 saturated heterocycles. The van der Waals surface area contributed by atoms with E-state index in [1.807, 2.05) is 0 Å². The fourth-order valence-corrected chi connectivity index (χ4v) is 2.49. The van der Waals surface area contributed by atoms with Gasteiger partial charge in [0.05, 0.1) is 0 Å². The Morgan fingerprint density at radius 2 is 1.47 bits per heavy atom. The summed E-state index contributed by atoms with van der Waals surface area (Å²) in [5, 5.41) is 0. The Balaban J connectivity index is 4.67. The van der Waals surface area contributed by atoms with Crippen molar-refractivity contribution < 1.29 is 0 Å². The number of hydrogen-bond donors (Lipinski definition) is 1. The van der Waals surface area contributed by atoms with Crippen LogP contribution in [0, 0.1) is 5.92 Å². The van der Waals surface area contributed by atoms with Crippen LogP contribution in [0.15, 0.2) is 0 Å². The van der Waals surface area contributed by atoms with Crippen molar-refractivity contribution in [3.8, 4) is 0 Å². The van der Waals surface area contributed by atoms with Crippen molar-refractivity contribution in [2.75, 3.05) is 13.1 Å². The summed E-state index contributed by atoms with van der Waals surface area (Å²) >= 11 is 0. The molecule has 0 aliphatic heterocycles. The highest BCUT2D eigenvalue weighted by atomic mass is 15.2. The zero-order chi connectivity index (χ0) is 13.5. The van der Waals surface area contributed by atoms with Crippen molar-refractivity contribution in [2.45, 2.75) is 78.8 Å². The van der Waals surface area contributed by atoms with Gasteiger partial charge in [0.25, 0.3) is 0 Å². The molecule has 0 saturated carbocycles. The van der Waals surface area contributed by atoms with E-state index >= 15 is 0 Å². The molecule has 2 nitrogen and oxygen atoms in total. The van der Waals surface area contributed by atoms with E-state index < -0.39 is 0 Å². The van der Waals surface area contributed by atoms with Crippen molar-refractivity contribution in [1.29, 1.82) is 0 Å². The second-order valence-electron chi connectivity index (χ2n) is 5.86. The molecule has 0 heterocycles. The van der Waals surface area contributed by atoms with E-state index in [4.69, 9.17) is 5.73 Å². The van der Waals surface area contributed by atoms with Crippen LogP contribution in [-0.2, 0) is 0 Å². The van der Waals surface area contributed by atoms with Crippen LogP contribution in [0.3, 0.4) is 0 Å². The van der Waals surface area contributed by atoms with E-state index in [9.17, 15) is 0 Å². The molecule has 0 aliphatic rings. The molecule has 0 bridgehead atoms. The van der Waals surface area contributed by atoms with Gasteiger partial charge in [0.1, 0.15) is 0 Å². The highest BCUT2D eigenvalue weighted by Crippen LogP contribution is 2.19. The number of nitrogens with two attached hydrogens (primary N) is 1. The van der Waals surface area contributed by atoms with E-state index in [1.54, 1.807) is 0 Å². The summed E-state index contributed by atoms with van der Waals surface area (Å²) in [6.07, 6.45) is 4.59. The largest absolute Gasteiger partial charge is 0.324 e. The summed E-state index contributed by atoms with van der Waals surface area (Å²) in [4.78, 5) is 2.62. The van der Waals surface area contributed by atoms with Crippen molar-refractivity contribution in [3.63, 3.8) is 0 Å². The lowest BCUT2D eigenvalue weighted by Crippen LogP contribution is -2.53. The third-order valence-electron chi connectivity index (χ3n) is 3.98. The van der Waals surface area contributed by atoms with Crippen LogP contribution >= 0.6 is 0 Å². The number of rotatable bonds is 9. The van der Waals surface area contributed by atoms with Crippen LogP contribution in [0.25, 0.3) is 0 Å². The molecule has 0 aliphatic carbocycles.